The van der Waals surface area contributed by atoms with E-state index in [2.05, 4.69) is 18.7 Å². The van der Waals surface area contributed by atoms with E-state index < -0.39 is 6.10 Å². The van der Waals surface area contributed by atoms with Gasteiger partial charge in [0.2, 0.25) is 0 Å². The number of morpholine rings is 1. The van der Waals surface area contributed by atoms with Crippen LogP contribution in [0.1, 0.15) is 24.4 Å². The van der Waals surface area contributed by atoms with Crippen LogP contribution in [0.5, 0.6) is 0 Å². The van der Waals surface area contributed by atoms with Gasteiger partial charge >= 0.3 is 0 Å². The molecule has 2 unspecified atom stereocenters. The molecule has 1 aliphatic heterocycles. The van der Waals surface area contributed by atoms with Crippen LogP contribution in [-0.4, -0.2) is 99.3 Å². The number of aliphatic hydroxyl groups is 1. The Bertz CT molecular complexity index is 551. The number of amides is 1. The number of rotatable bonds is 12. The third-order valence-corrected chi connectivity index (χ3v) is 4.46. The minimum Gasteiger partial charge on any atom is -0.459 e. The van der Waals surface area contributed by atoms with Crippen LogP contribution in [0.4, 0.5) is 0 Å². The normalized spacial score (nSPS) is 19.1. The van der Waals surface area contributed by atoms with Crippen LogP contribution < -0.4 is 0 Å². The molecule has 1 amide bonds. The lowest BCUT2D eigenvalue weighted by Crippen LogP contribution is -2.51. The van der Waals surface area contributed by atoms with Gasteiger partial charge in [0.05, 0.1) is 38.3 Å². The molecule has 8 heteroatoms. The van der Waals surface area contributed by atoms with E-state index in [1.54, 1.807) is 24.1 Å². The largest absolute Gasteiger partial charge is 0.459 e. The zero-order chi connectivity index (χ0) is 20.4. The van der Waals surface area contributed by atoms with Gasteiger partial charge in [-0.15, -0.1) is 0 Å². The Morgan fingerprint density at radius 1 is 1.43 bits per heavy atom. The topological polar surface area (TPSA) is 84.6 Å². The molecule has 1 aromatic rings. The predicted molar refractivity (Wildman–Crippen MR) is 104 cm³/mol. The second kappa shape index (κ2) is 12.2. The highest BCUT2D eigenvalue weighted by Gasteiger charge is 2.27. The van der Waals surface area contributed by atoms with Crippen molar-refractivity contribution in [1.82, 2.24) is 9.80 Å². The lowest BCUT2D eigenvalue weighted by molar-refractivity contribution is -0.0607. The summed E-state index contributed by atoms with van der Waals surface area (Å²) in [5, 5.41) is 10.2. The molecule has 28 heavy (non-hydrogen) atoms. The molecule has 0 aliphatic carbocycles. The van der Waals surface area contributed by atoms with Crippen molar-refractivity contribution >= 4 is 5.91 Å². The van der Waals surface area contributed by atoms with Crippen LogP contribution in [0.3, 0.4) is 0 Å². The summed E-state index contributed by atoms with van der Waals surface area (Å²) >= 11 is 0. The second-order valence-electron chi connectivity index (χ2n) is 7.56. The number of hydrogen-bond acceptors (Lipinski definition) is 7. The summed E-state index contributed by atoms with van der Waals surface area (Å²) < 4.78 is 21.8. The number of hydrogen-bond donors (Lipinski definition) is 1. The van der Waals surface area contributed by atoms with E-state index in [9.17, 15) is 9.90 Å². The van der Waals surface area contributed by atoms with E-state index in [-0.39, 0.29) is 12.0 Å². The molecule has 1 aliphatic rings. The van der Waals surface area contributed by atoms with Gasteiger partial charge in [-0.05, 0) is 18.1 Å². The van der Waals surface area contributed by atoms with Crippen LogP contribution in [0.15, 0.2) is 22.8 Å². The van der Waals surface area contributed by atoms with Crippen molar-refractivity contribution in [1.29, 1.82) is 0 Å². The number of β-amino-alcohol motifs (C(OH)–C–C–N with tert-alkyl or cyclic N) is 1. The van der Waals surface area contributed by atoms with Crippen molar-refractivity contribution in [3.05, 3.63) is 24.2 Å². The van der Waals surface area contributed by atoms with Crippen LogP contribution in [0, 0.1) is 5.92 Å². The van der Waals surface area contributed by atoms with E-state index >= 15 is 0 Å². The van der Waals surface area contributed by atoms with Gasteiger partial charge in [0.1, 0.15) is 0 Å². The molecular formula is C20H34N2O6. The lowest BCUT2D eigenvalue weighted by Gasteiger charge is -2.36. The maximum Gasteiger partial charge on any atom is 0.289 e. The van der Waals surface area contributed by atoms with Crippen molar-refractivity contribution < 1.29 is 28.5 Å². The van der Waals surface area contributed by atoms with Crippen LogP contribution in [0.2, 0.25) is 0 Å². The summed E-state index contributed by atoms with van der Waals surface area (Å²) in [5.74, 6) is 0.580. The molecule has 0 radical (unpaired) electrons. The fourth-order valence-electron chi connectivity index (χ4n) is 3.13. The number of ether oxygens (including phenoxy) is 3. The Morgan fingerprint density at radius 2 is 2.25 bits per heavy atom. The first kappa shape index (κ1) is 22.8. The SMILES string of the molecule is COCCN(CC1CN(CC(O)COCC(C)C)CCO1)C(=O)c1ccco1. The Labute approximate surface area is 167 Å². The molecule has 8 nitrogen and oxygen atoms in total. The number of carbonyl (C=O) groups excluding carboxylic acids is 1. The molecule has 1 fully saturated rings. The zero-order valence-electron chi connectivity index (χ0n) is 17.2. The summed E-state index contributed by atoms with van der Waals surface area (Å²) in [6.45, 7) is 8.98. The Hall–Kier alpha value is -1.45. The van der Waals surface area contributed by atoms with Gasteiger partial charge in [-0.2, -0.15) is 0 Å². The molecule has 1 N–H and O–H groups in total. The van der Waals surface area contributed by atoms with Gasteiger partial charge in [-0.1, -0.05) is 13.8 Å². The number of carbonyl (C=O) groups is 1. The number of nitrogens with zero attached hydrogens (tertiary/aromatic N) is 2. The standard InChI is InChI=1S/C20H34N2O6/c1-16(2)14-26-15-17(23)11-21-6-10-27-18(12-21)13-22(7-9-25-3)20(24)19-5-4-8-28-19/h4-5,8,16-18,23H,6-7,9-15H2,1-3H3. The van der Waals surface area contributed by atoms with Crippen LogP contribution in [-0.2, 0) is 14.2 Å². The van der Waals surface area contributed by atoms with Gasteiger partial charge in [-0.25, -0.2) is 0 Å². The van der Waals surface area contributed by atoms with E-state index in [1.165, 1.54) is 6.26 Å². The second-order valence-corrected chi connectivity index (χ2v) is 7.56. The highest BCUT2D eigenvalue weighted by atomic mass is 16.5. The third-order valence-electron chi connectivity index (χ3n) is 4.46. The Balaban J connectivity index is 1.84. The Kier molecular flexibility index (Phi) is 9.94. The highest BCUT2D eigenvalue weighted by molar-refractivity contribution is 5.91. The summed E-state index contributed by atoms with van der Waals surface area (Å²) in [4.78, 5) is 16.5. The zero-order valence-corrected chi connectivity index (χ0v) is 17.2. The Morgan fingerprint density at radius 3 is 2.93 bits per heavy atom. The summed E-state index contributed by atoms with van der Waals surface area (Å²) in [7, 11) is 1.61. The monoisotopic (exact) mass is 398 g/mol. The van der Waals surface area contributed by atoms with Crippen LogP contribution in [0.25, 0.3) is 0 Å². The molecule has 2 rings (SSSR count). The van der Waals surface area contributed by atoms with Crippen molar-refractivity contribution in [3.63, 3.8) is 0 Å². The van der Waals surface area contributed by atoms with Crippen molar-refractivity contribution in [2.24, 2.45) is 5.92 Å². The minimum atomic E-state index is -0.535. The van der Waals surface area contributed by atoms with E-state index in [4.69, 9.17) is 18.6 Å². The quantitative estimate of drug-likeness (QED) is 0.564. The molecule has 1 saturated heterocycles. The number of methoxy groups -OCH3 is 1. The van der Waals surface area contributed by atoms with Gasteiger partial charge in [0.25, 0.3) is 5.91 Å². The molecule has 0 aromatic carbocycles. The maximum absolute atomic E-state index is 12.7. The first-order valence-electron chi connectivity index (χ1n) is 9.91. The average molecular weight is 399 g/mol. The molecule has 0 bridgehead atoms. The van der Waals surface area contributed by atoms with Gasteiger partial charge < -0.3 is 28.6 Å². The van der Waals surface area contributed by atoms with Gasteiger partial charge in [0.15, 0.2) is 5.76 Å². The fourth-order valence-corrected chi connectivity index (χ4v) is 3.13. The van der Waals surface area contributed by atoms with Crippen LogP contribution >= 0.6 is 0 Å². The third kappa shape index (κ3) is 7.89. The molecule has 1 aromatic heterocycles. The fraction of sp³-hybridized carbons (Fsp3) is 0.750. The van der Waals surface area contributed by atoms with Crippen molar-refractivity contribution in [2.45, 2.75) is 26.1 Å². The average Bonchev–Trinajstić information content (AvgIpc) is 3.19. The smallest absolute Gasteiger partial charge is 0.289 e. The number of aliphatic hydroxyl groups excluding tert-OH is 1. The maximum atomic E-state index is 12.7. The predicted octanol–water partition coefficient (Wildman–Crippen LogP) is 1.10. The van der Waals surface area contributed by atoms with E-state index in [0.29, 0.717) is 64.3 Å². The molecular weight excluding hydrogens is 364 g/mol. The molecule has 0 saturated carbocycles. The molecule has 2 heterocycles. The molecule has 160 valence electrons. The number of furan rings is 1. The lowest BCUT2D eigenvalue weighted by atomic mass is 10.2. The van der Waals surface area contributed by atoms with Crippen molar-refractivity contribution in [3.8, 4) is 0 Å². The highest BCUT2D eigenvalue weighted by Crippen LogP contribution is 2.12. The van der Waals surface area contributed by atoms with Crippen molar-refractivity contribution in [2.75, 3.05) is 66.3 Å². The summed E-state index contributed by atoms with van der Waals surface area (Å²) in [6.07, 6.45) is 0.823. The van der Waals surface area contributed by atoms with Gasteiger partial charge in [0, 0.05) is 46.4 Å². The van der Waals surface area contributed by atoms with Gasteiger partial charge in [-0.3, -0.25) is 9.69 Å². The first-order valence-corrected chi connectivity index (χ1v) is 9.91. The van der Waals surface area contributed by atoms with E-state index in [1.807, 2.05) is 0 Å². The molecule has 0 spiro atoms. The molecule has 2 atom stereocenters. The summed E-state index contributed by atoms with van der Waals surface area (Å²) in [6, 6.07) is 3.35. The summed E-state index contributed by atoms with van der Waals surface area (Å²) in [5.41, 5.74) is 0. The first-order chi connectivity index (χ1) is 13.5. The van der Waals surface area contributed by atoms with E-state index in [0.717, 1.165) is 6.54 Å². The minimum absolute atomic E-state index is 0.131.